The molecule has 0 bridgehead atoms. The molecule has 2 heteroatoms. The van der Waals surface area contributed by atoms with Gasteiger partial charge in [0.05, 0.1) is 5.92 Å². The zero-order chi connectivity index (χ0) is 11.1. The summed E-state index contributed by atoms with van der Waals surface area (Å²) < 4.78 is 0. The summed E-state index contributed by atoms with van der Waals surface area (Å²) >= 11 is 0. The Bertz CT molecular complexity index is 239. The van der Waals surface area contributed by atoms with E-state index in [0.29, 0.717) is 12.8 Å². The molecule has 1 N–H and O–H groups in total. The summed E-state index contributed by atoms with van der Waals surface area (Å²) in [5.74, 6) is -0.884. The first-order valence-electron chi connectivity index (χ1n) is 5.25. The van der Waals surface area contributed by atoms with Crippen LogP contribution in [0, 0.1) is 5.92 Å². The van der Waals surface area contributed by atoms with Crippen molar-refractivity contribution < 1.29 is 9.90 Å². The maximum Gasteiger partial charge on any atom is 0.307 e. The number of hydrogen-bond donors (Lipinski definition) is 1. The van der Waals surface area contributed by atoms with E-state index in [2.05, 4.69) is 13.5 Å². The fourth-order valence-electron chi connectivity index (χ4n) is 1.68. The van der Waals surface area contributed by atoms with Gasteiger partial charge in [-0.25, -0.2) is 0 Å². The zero-order valence-corrected chi connectivity index (χ0v) is 9.34. The Kier molecular flexibility index (Phi) is 5.93. The first kappa shape index (κ1) is 12.9. The summed E-state index contributed by atoms with van der Waals surface area (Å²) in [7, 11) is 0. The van der Waals surface area contributed by atoms with Gasteiger partial charge in [-0.1, -0.05) is 39.0 Å². The molecule has 0 fully saturated rings. The van der Waals surface area contributed by atoms with Gasteiger partial charge in [-0.05, 0) is 24.8 Å². The average Bonchev–Trinajstić information content (AvgIpc) is 2.63. The van der Waals surface area contributed by atoms with Gasteiger partial charge in [0.2, 0.25) is 0 Å². The minimum atomic E-state index is -0.683. The van der Waals surface area contributed by atoms with Crippen molar-refractivity contribution in [2.45, 2.75) is 40.0 Å². The van der Waals surface area contributed by atoms with E-state index in [0.717, 1.165) is 12.0 Å². The van der Waals surface area contributed by atoms with Crippen LogP contribution in [0.25, 0.3) is 0 Å². The van der Waals surface area contributed by atoms with Gasteiger partial charge in [-0.3, -0.25) is 4.79 Å². The number of aliphatic carboxylic acids is 1. The number of allylic oxidation sites excluding steroid dienone is 3. The Hall–Kier alpha value is -1.05. The summed E-state index contributed by atoms with van der Waals surface area (Å²) in [6.07, 6.45) is 4.13. The van der Waals surface area contributed by atoms with Crippen molar-refractivity contribution in [3.05, 3.63) is 23.8 Å². The Balaban J connectivity index is 0.000000791. The molecular weight excluding hydrogens is 176 g/mol. The predicted molar refractivity (Wildman–Crippen MR) is 59.2 cm³/mol. The summed E-state index contributed by atoms with van der Waals surface area (Å²) in [5.41, 5.74) is 2.40. The third-order valence-corrected chi connectivity index (χ3v) is 2.44. The summed E-state index contributed by atoms with van der Waals surface area (Å²) in [4.78, 5) is 10.7. The van der Waals surface area contributed by atoms with Crippen molar-refractivity contribution in [2.75, 3.05) is 0 Å². The molecule has 0 spiro atoms. The fraction of sp³-hybridized carbons (Fsp3) is 0.583. The molecule has 0 heterocycles. The summed E-state index contributed by atoms with van der Waals surface area (Å²) in [6, 6.07) is 0. The highest BCUT2D eigenvalue weighted by atomic mass is 16.4. The maximum absolute atomic E-state index is 10.7. The smallest absolute Gasteiger partial charge is 0.307 e. The fourth-order valence-corrected chi connectivity index (χ4v) is 1.68. The second-order valence-electron chi connectivity index (χ2n) is 3.13. The lowest BCUT2D eigenvalue weighted by molar-refractivity contribution is -0.141. The molecule has 1 rings (SSSR count). The number of rotatable bonds is 3. The van der Waals surface area contributed by atoms with Crippen LogP contribution in [-0.2, 0) is 4.79 Å². The molecule has 14 heavy (non-hydrogen) atoms. The van der Waals surface area contributed by atoms with Crippen molar-refractivity contribution in [3.63, 3.8) is 0 Å². The topological polar surface area (TPSA) is 37.3 Å². The SMILES string of the molecule is C=CC1=C(CC)CC(C(=O)O)C1.CC. The van der Waals surface area contributed by atoms with Gasteiger partial charge in [0, 0.05) is 0 Å². The molecule has 0 aromatic rings. The Labute approximate surface area is 86.3 Å². The zero-order valence-electron chi connectivity index (χ0n) is 9.34. The van der Waals surface area contributed by atoms with Crippen LogP contribution in [-0.4, -0.2) is 11.1 Å². The van der Waals surface area contributed by atoms with Gasteiger partial charge in [0.15, 0.2) is 0 Å². The Morgan fingerprint density at radius 2 is 2.14 bits per heavy atom. The van der Waals surface area contributed by atoms with Crippen molar-refractivity contribution in [3.8, 4) is 0 Å². The quantitative estimate of drug-likeness (QED) is 0.751. The molecule has 0 saturated heterocycles. The molecule has 0 aromatic heterocycles. The lowest BCUT2D eigenvalue weighted by atomic mass is 10.1. The molecule has 1 unspecified atom stereocenters. The number of carboxylic acids is 1. The van der Waals surface area contributed by atoms with Crippen LogP contribution in [0.2, 0.25) is 0 Å². The molecular formula is C12H20O2. The number of hydrogen-bond acceptors (Lipinski definition) is 1. The molecule has 0 saturated carbocycles. The molecule has 1 aliphatic rings. The molecule has 1 aliphatic carbocycles. The maximum atomic E-state index is 10.7. The van der Waals surface area contributed by atoms with E-state index in [1.807, 2.05) is 13.8 Å². The predicted octanol–water partition coefficient (Wildman–Crippen LogP) is 3.40. The second kappa shape index (κ2) is 6.41. The highest BCUT2D eigenvalue weighted by Crippen LogP contribution is 2.33. The van der Waals surface area contributed by atoms with Crippen molar-refractivity contribution in [2.24, 2.45) is 5.92 Å². The van der Waals surface area contributed by atoms with Gasteiger partial charge >= 0.3 is 5.97 Å². The van der Waals surface area contributed by atoms with Crippen LogP contribution in [0.1, 0.15) is 40.0 Å². The van der Waals surface area contributed by atoms with E-state index in [1.165, 1.54) is 5.57 Å². The molecule has 0 amide bonds. The van der Waals surface area contributed by atoms with Gasteiger partial charge in [-0.15, -0.1) is 0 Å². The monoisotopic (exact) mass is 196 g/mol. The molecule has 80 valence electrons. The van der Waals surface area contributed by atoms with E-state index in [1.54, 1.807) is 6.08 Å². The summed E-state index contributed by atoms with van der Waals surface area (Å²) in [6.45, 7) is 9.74. The Morgan fingerprint density at radius 3 is 2.43 bits per heavy atom. The van der Waals surface area contributed by atoms with Crippen LogP contribution in [0.3, 0.4) is 0 Å². The minimum absolute atomic E-state index is 0.201. The first-order valence-corrected chi connectivity index (χ1v) is 5.25. The molecule has 2 nitrogen and oxygen atoms in total. The molecule has 0 radical (unpaired) electrons. The number of carboxylic acid groups (broad SMARTS) is 1. The van der Waals surface area contributed by atoms with E-state index in [-0.39, 0.29) is 5.92 Å². The van der Waals surface area contributed by atoms with E-state index < -0.39 is 5.97 Å². The lowest BCUT2D eigenvalue weighted by Crippen LogP contribution is -2.09. The molecule has 1 atom stereocenters. The van der Waals surface area contributed by atoms with E-state index in [9.17, 15) is 4.79 Å². The Morgan fingerprint density at radius 1 is 1.57 bits per heavy atom. The van der Waals surface area contributed by atoms with Gasteiger partial charge in [0.25, 0.3) is 0 Å². The highest BCUT2D eigenvalue weighted by molar-refractivity contribution is 5.72. The second-order valence-corrected chi connectivity index (χ2v) is 3.13. The normalized spacial score (nSPS) is 20.1. The highest BCUT2D eigenvalue weighted by Gasteiger charge is 2.26. The van der Waals surface area contributed by atoms with Crippen molar-refractivity contribution in [1.29, 1.82) is 0 Å². The first-order chi connectivity index (χ1) is 6.69. The van der Waals surface area contributed by atoms with Crippen LogP contribution in [0.5, 0.6) is 0 Å². The van der Waals surface area contributed by atoms with Crippen molar-refractivity contribution in [1.82, 2.24) is 0 Å². The average molecular weight is 196 g/mol. The van der Waals surface area contributed by atoms with Crippen LogP contribution >= 0.6 is 0 Å². The lowest BCUT2D eigenvalue weighted by Gasteiger charge is -2.01. The van der Waals surface area contributed by atoms with Gasteiger partial charge in [-0.2, -0.15) is 0 Å². The third kappa shape index (κ3) is 3.02. The number of carbonyl (C=O) groups is 1. The largest absolute Gasteiger partial charge is 0.481 e. The van der Waals surface area contributed by atoms with Crippen LogP contribution in [0.4, 0.5) is 0 Å². The van der Waals surface area contributed by atoms with Crippen LogP contribution in [0.15, 0.2) is 23.8 Å². The third-order valence-electron chi connectivity index (χ3n) is 2.44. The molecule has 0 aliphatic heterocycles. The molecule has 0 aromatic carbocycles. The van der Waals surface area contributed by atoms with Crippen molar-refractivity contribution >= 4 is 5.97 Å². The van der Waals surface area contributed by atoms with Crippen LogP contribution < -0.4 is 0 Å². The standard InChI is InChI=1S/C10H14O2.C2H6/c1-3-7-5-9(10(11)12)6-8(7)4-2;1-2/h3,9H,1,4-6H2,2H3,(H,11,12);1-2H3. The summed E-state index contributed by atoms with van der Waals surface area (Å²) in [5, 5.41) is 8.78. The van der Waals surface area contributed by atoms with E-state index in [4.69, 9.17) is 5.11 Å². The van der Waals surface area contributed by atoms with Gasteiger partial charge < -0.3 is 5.11 Å². The van der Waals surface area contributed by atoms with Gasteiger partial charge in [0.1, 0.15) is 0 Å². The minimum Gasteiger partial charge on any atom is -0.481 e. The van der Waals surface area contributed by atoms with E-state index >= 15 is 0 Å².